The van der Waals surface area contributed by atoms with Gasteiger partial charge in [-0.1, -0.05) is 39.1 Å². The van der Waals surface area contributed by atoms with E-state index < -0.39 is 0 Å². The molecule has 0 bridgehead atoms. The molecule has 2 rings (SSSR count). The fourth-order valence-electron chi connectivity index (χ4n) is 2.14. The van der Waals surface area contributed by atoms with E-state index in [2.05, 4.69) is 49.9 Å². The van der Waals surface area contributed by atoms with Crippen LogP contribution in [0.4, 0.5) is 0 Å². The molecule has 6 heteroatoms. The van der Waals surface area contributed by atoms with Crippen LogP contribution < -0.4 is 10.1 Å². The van der Waals surface area contributed by atoms with Crippen LogP contribution in [-0.2, 0) is 0 Å². The number of hydrogen-bond donors (Lipinski definition) is 1. The lowest BCUT2D eigenvalue weighted by molar-refractivity contribution is 0.415. The molecule has 0 spiro atoms. The van der Waals surface area contributed by atoms with E-state index in [0.717, 1.165) is 19.2 Å². The van der Waals surface area contributed by atoms with Gasteiger partial charge in [0, 0.05) is 19.1 Å². The minimum absolute atomic E-state index is 0.0648. The minimum atomic E-state index is -0.0648. The average Bonchev–Trinajstić information content (AvgIpc) is 2.46. The van der Waals surface area contributed by atoms with Crippen molar-refractivity contribution >= 4 is 61.7 Å². The first-order chi connectivity index (χ1) is 9.97. The number of nitrogens with one attached hydrogen (secondary N) is 1. The zero-order valence-electron chi connectivity index (χ0n) is 11.4. The largest absolute Gasteiger partial charge is 0.495 e. The van der Waals surface area contributed by atoms with E-state index >= 15 is 0 Å². The summed E-state index contributed by atoms with van der Waals surface area (Å²) in [5.41, 5.74) is 2.01. The van der Waals surface area contributed by atoms with Crippen molar-refractivity contribution in [1.29, 1.82) is 0 Å². The van der Waals surface area contributed by atoms with Gasteiger partial charge < -0.3 is 10.1 Å². The third-order valence-electron chi connectivity index (χ3n) is 3.14. The SMILES string of the molecule is CNC(c1cc(Cl)c(OC)cc1Cl)c1cc(I)ccc1Br. The summed E-state index contributed by atoms with van der Waals surface area (Å²) in [6, 6.07) is 9.70. The molecule has 21 heavy (non-hydrogen) atoms. The van der Waals surface area contributed by atoms with Gasteiger partial charge in [0.05, 0.1) is 18.2 Å². The summed E-state index contributed by atoms with van der Waals surface area (Å²) in [5, 5.41) is 4.44. The molecule has 0 aliphatic rings. The van der Waals surface area contributed by atoms with Gasteiger partial charge in [0.15, 0.2) is 0 Å². The van der Waals surface area contributed by atoms with Gasteiger partial charge in [0.25, 0.3) is 0 Å². The molecule has 0 fully saturated rings. The second kappa shape index (κ2) is 7.51. The van der Waals surface area contributed by atoms with Gasteiger partial charge in [-0.2, -0.15) is 0 Å². The van der Waals surface area contributed by atoms with Gasteiger partial charge >= 0.3 is 0 Å². The molecular weight excluding hydrogens is 488 g/mol. The van der Waals surface area contributed by atoms with Crippen LogP contribution in [0.1, 0.15) is 17.2 Å². The molecule has 2 aromatic rings. The van der Waals surface area contributed by atoms with E-state index in [1.54, 1.807) is 13.2 Å². The van der Waals surface area contributed by atoms with Gasteiger partial charge in [-0.25, -0.2) is 0 Å². The third kappa shape index (κ3) is 3.85. The van der Waals surface area contributed by atoms with Gasteiger partial charge in [-0.05, 0) is 65.0 Å². The van der Waals surface area contributed by atoms with Gasteiger partial charge in [0.1, 0.15) is 5.75 Å². The van der Waals surface area contributed by atoms with Crippen molar-refractivity contribution in [1.82, 2.24) is 5.32 Å². The van der Waals surface area contributed by atoms with Crippen LogP contribution in [0, 0.1) is 3.57 Å². The van der Waals surface area contributed by atoms with Gasteiger partial charge in [-0.15, -0.1) is 0 Å². The number of hydrogen-bond acceptors (Lipinski definition) is 2. The molecule has 0 aliphatic carbocycles. The summed E-state index contributed by atoms with van der Waals surface area (Å²) < 4.78 is 7.37. The molecular formula is C15H13BrCl2INO. The Morgan fingerprint density at radius 1 is 1.14 bits per heavy atom. The normalized spacial score (nSPS) is 12.3. The number of methoxy groups -OCH3 is 1. The number of ether oxygens (including phenoxy) is 1. The standard InChI is InChI=1S/C15H13BrCl2INO/c1-20-15(9-5-8(19)3-4-11(9)16)10-6-13(18)14(21-2)7-12(10)17/h3-7,15,20H,1-2H3. The number of halogens is 4. The zero-order chi connectivity index (χ0) is 15.6. The number of rotatable bonds is 4. The highest BCUT2D eigenvalue weighted by molar-refractivity contribution is 14.1. The van der Waals surface area contributed by atoms with E-state index in [1.807, 2.05) is 25.2 Å². The van der Waals surface area contributed by atoms with Crippen molar-refractivity contribution in [2.75, 3.05) is 14.2 Å². The van der Waals surface area contributed by atoms with Crippen molar-refractivity contribution in [3.05, 3.63) is 59.5 Å². The molecule has 2 aromatic carbocycles. The fraction of sp³-hybridized carbons (Fsp3) is 0.200. The van der Waals surface area contributed by atoms with Crippen LogP contribution in [0.2, 0.25) is 10.0 Å². The van der Waals surface area contributed by atoms with Crippen LogP contribution >= 0.6 is 61.7 Å². The molecule has 1 unspecified atom stereocenters. The molecule has 0 amide bonds. The molecule has 1 N–H and O–H groups in total. The first-order valence-corrected chi connectivity index (χ1v) is 8.75. The molecule has 0 saturated carbocycles. The summed E-state index contributed by atoms with van der Waals surface area (Å²) in [4.78, 5) is 0. The van der Waals surface area contributed by atoms with Crippen LogP contribution in [0.3, 0.4) is 0 Å². The maximum absolute atomic E-state index is 6.40. The summed E-state index contributed by atoms with van der Waals surface area (Å²) in [6.07, 6.45) is 0. The number of benzene rings is 2. The maximum atomic E-state index is 6.40. The van der Waals surface area contributed by atoms with E-state index in [9.17, 15) is 0 Å². The Labute approximate surface area is 156 Å². The zero-order valence-corrected chi connectivity index (χ0v) is 16.6. The molecule has 1 atom stereocenters. The Bertz CT molecular complexity index is 666. The fourth-order valence-corrected chi connectivity index (χ4v) is 3.64. The predicted octanol–water partition coefficient (Wildman–Crippen LogP) is 5.68. The third-order valence-corrected chi connectivity index (χ3v) is 5.16. The molecule has 0 heterocycles. The summed E-state index contributed by atoms with van der Waals surface area (Å²) in [6.45, 7) is 0. The molecule has 0 aliphatic heterocycles. The van der Waals surface area contributed by atoms with Crippen molar-refractivity contribution in [3.8, 4) is 5.75 Å². The second-order valence-corrected chi connectivity index (χ2v) is 7.31. The summed E-state index contributed by atoms with van der Waals surface area (Å²) >= 11 is 18.5. The van der Waals surface area contributed by atoms with Gasteiger partial charge in [-0.3, -0.25) is 0 Å². The van der Waals surface area contributed by atoms with Crippen LogP contribution in [0.5, 0.6) is 5.75 Å². The lowest BCUT2D eigenvalue weighted by Crippen LogP contribution is -2.19. The van der Waals surface area contributed by atoms with E-state index in [-0.39, 0.29) is 6.04 Å². The maximum Gasteiger partial charge on any atom is 0.138 e. The Morgan fingerprint density at radius 2 is 1.86 bits per heavy atom. The molecule has 0 saturated heterocycles. The molecule has 0 aromatic heterocycles. The smallest absolute Gasteiger partial charge is 0.138 e. The van der Waals surface area contributed by atoms with Crippen molar-refractivity contribution < 1.29 is 4.74 Å². The highest BCUT2D eigenvalue weighted by atomic mass is 127. The van der Waals surface area contributed by atoms with E-state index in [1.165, 1.54) is 0 Å². The lowest BCUT2D eigenvalue weighted by Gasteiger charge is -2.21. The quantitative estimate of drug-likeness (QED) is 0.545. The highest BCUT2D eigenvalue weighted by Crippen LogP contribution is 2.38. The Morgan fingerprint density at radius 3 is 2.48 bits per heavy atom. The molecule has 0 radical (unpaired) electrons. The van der Waals surface area contributed by atoms with Crippen molar-refractivity contribution in [2.24, 2.45) is 0 Å². The Hall–Kier alpha value is -0.0100. The van der Waals surface area contributed by atoms with Crippen molar-refractivity contribution in [2.45, 2.75) is 6.04 Å². The first kappa shape index (κ1) is 17.3. The van der Waals surface area contributed by atoms with Crippen LogP contribution in [0.25, 0.3) is 0 Å². The Balaban J connectivity index is 2.56. The minimum Gasteiger partial charge on any atom is -0.495 e. The van der Waals surface area contributed by atoms with Crippen LogP contribution in [-0.4, -0.2) is 14.2 Å². The molecule has 2 nitrogen and oxygen atoms in total. The second-order valence-electron chi connectivity index (χ2n) is 4.40. The summed E-state index contributed by atoms with van der Waals surface area (Å²) in [7, 11) is 3.47. The van der Waals surface area contributed by atoms with Crippen LogP contribution in [0.15, 0.2) is 34.8 Å². The lowest BCUT2D eigenvalue weighted by atomic mass is 9.98. The predicted molar refractivity (Wildman–Crippen MR) is 101 cm³/mol. The summed E-state index contributed by atoms with van der Waals surface area (Å²) in [5.74, 6) is 0.571. The van der Waals surface area contributed by atoms with E-state index in [0.29, 0.717) is 15.8 Å². The van der Waals surface area contributed by atoms with Gasteiger partial charge in [0.2, 0.25) is 0 Å². The average molecular weight is 501 g/mol. The molecule has 112 valence electrons. The monoisotopic (exact) mass is 499 g/mol. The van der Waals surface area contributed by atoms with Crippen molar-refractivity contribution in [3.63, 3.8) is 0 Å². The highest BCUT2D eigenvalue weighted by Gasteiger charge is 2.20. The van der Waals surface area contributed by atoms with E-state index in [4.69, 9.17) is 27.9 Å². The first-order valence-electron chi connectivity index (χ1n) is 6.13. The topological polar surface area (TPSA) is 21.3 Å². The Kier molecular flexibility index (Phi) is 6.20.